The van der Waals surface area contributed by atoms with Gasteiger partial charge in [-0.25, -0.2) is 0 Å². The van der Waals surface area contributed by atoms with Crippen molar-refractivity contribution in [1.82, 2.24) is 29.9 Å². The molecule has 0 bridgehead atoms. The summed E-state index contributed by atoms with van der Waals surface area (Å²) in [6.45, 7) is 2.53. The molecule has 1 atom stereocenters. The Balaban J connectivity index is 1.15. The molecule has 0 unspecified atom stereocenters. The maximum absolute atomic E-state index is 6.07. The summed E-state index contributed by atoms with van der Waals surface area (Å²) in [5.41, 5.74) is 14.6. The van der Waals surface area contributed by atoms with Crippen LogP contribution in [0.15, 0.2) is 48.5 Å². The zero-order valence-electron chi connectivity index (χ0n) is 21.7. The minimum Gasteiger partial charge on any atom is -0.366 e. The van der Waals surface area contributed by atoms with Gasteiger partial charge in [-0.2, -0.15) is 9.67 Å². The third-order valence-corrected chi connectivity index (χ3v) is 8.48. The fraction of sp³-hybridized carbons (Fsp3) is 0.400. The van der Waals surface area contributed by atoms with Crippen molar-refractivity contribution in [3.8, 4) is 17.1 Å². The molecule has 2 aromatic heterocycles. The molecule has 1 fully saturated rings. The number of nitrogen functional groups attached to an aromatic ring is 1. The summed E-state index contributed by atoms with van der Waals surface area (Å²) in [4.78, 5) is 7.19. The SMILES string of the molecule is Nc1nc(Nc2ccc3c(c2)CC[C@H](N2CCCC2)CC3)n(-c2cc3c(nn2)-c2ccccc2CCC3)n1. The van der Waals surface area contributed by atoms with Crippen LogP contribution in [0.5, 0.6) is 0 Å². The number of nitrogens with two attached hydrogens (primary N) is 1. The molecule has 2 aliphatic carbocycles. The second-order valence-corrected chi connectivity index (χ2v) is 10.9. The number of benzene rings is 2. The summed E-state index contributed by atoms with van der Waals surface area (Å²) < 4.78 is 1.68. The highest BCUT2D eigenvalue weighted by atomic mass is 15.5. The fourth-order valence-electron chi connectivity index (χ4n) is 6.52. The number of rotatable bonds is 4. The quantitative estimate of drug-likeness (QED) is 0.381. The Kier molecular flexibility index (Phi) is 6.04. The summed E-state index contributed by atoms with van der Waals surface area (Å²) >= 11 is 0. The van der Waals surface area contributed by atoms with Crippen molar-refractivity contribution in [2.24, 2.45) is 0 Å². The van der Waals surface area contributed by atoms with E-state index in [-0.39, 0.29) is 5.95 Å². The van der Waals surface area contributed by atoms with E-state index in [0.29, 0.717) is 17.8 Å². The zero-order chi connectivity index (χ0) is 25.5. The van der Waals surface area contributed by atoms with Crippen LogP contribution in [0.25, 0.3) is 17.1 Å². The van der Waals surface area contributed by atoms with Gasteiger partial charge in [0, 0.05) is 17.3 Å². The minimum atomic E-state index is 0.206. The van der Waals surface area contributed by atoms with Crippen molar-refractivity contribution >= 4 is 17.6 Å². The molecule has 3 aliphatic rings. The van der Waals surface area contributed by atoms with Crippen LogP contribution in [-0.4, -0.2) is 49.0 Å². The number of hydrogen-bond acceptors (Lipinski definition) is 7. The molecule has 1 aliphatic heterocycles. The second-order valence-electron chi connectivity index (χ2n) is 10.9. The average Bonchev–Trinajstić information content (AvgIpc) is 3.49. The van der Waals surface area contributed by atoms with Crippen LogP contribution in [0, 0.1) is 0 Å². The van der Waals surface area contributed by atoms with Crippen LogP contribution in [-0.2, 0) is 25.7 Å². The Bertz CT molecular complexity index is 1470. The second kappa shape index (κ2) is 9.83. The Morgan fingerprint density at radius 3 is 2.50 bits per heavy atom. The molecular formula is C30H34N8. The maximum Gasteiger partial charge on any atom is 0.241 e. The third kappa shape index (κ3) is 4.43. The van der Waals surface area contributed by atoms with Gasteiger partial charge >= 0.3 is 0 Å². The topological polar surface area (TPSA) is 97.8 Å². The predicted octanol–water partition coefficient (Wildman–Crippen LogP) is 4.88. The van der Waals surface area contributed by atoms with E-state index in [1.807, 2.05) is 0 Å². The number of anilines is 3. The van der Waals surface area contributed by atoms with Crippen molar-refractivity contribution in [2.45, 2.75) is 63.8 Å². The monoisotopic (exact) mass is 506 g/mol. The summed E-state index contributed by atoms with van der Waals surface area (Å²) in [5.74, 6) is 1.38. The van der Waals surface area contributed by atoms with Gasteiger partial charge in [-0.3, -0.25) is 0 Å². The van der Waals surface area contributed by atoms with E-state index in [0.717, 1.165) is 43.5 Å². The minimum absolute atomic E-state index is 0.206. The van der Waals surface area contributed by atoms with Crippen LogP contribution in [0.3, 0.4) is 0 Å². The number of nitrogens with zero attached hydrogens (tertiary/aromatic N) is 6. The molecule has 0 saturated carbocycles. The first-order valence-electron chi connectivity index (χ1n) is 14.0. The molecule has 0 radical (unpaired) electrons. The first-order chi connectivity index (χ1) is 18.7. The fourth-order valence-corrected chi connectivity index (χ4v) is 6.52. The van der Waals surface area contributed by atoms with Crippen LogP contribution in [0.1, 0.15) is 54.4 Å². The van der Waals surface area contributed by atoms with E-state index in [1.54, 1.807) is 4.68 Å². The number of aryl methyl sites for hydroxylation is 4. The number of nitrogens with one attached hydrogen (secondary N) is 1. The van der Waals surface area contributed by atoms with Gasteiger partial charge in [-0.15, -0.1) is 15.3 Å². The normalized spacial score (nSPS) is 19.2. The molecule has 38 heavy (non-hydrogen) atoms. The first kappa shape index (κ1) is 23.3. The van der Waals surface area contributed by atoms with Crippen molar-refractivity contribution in [1.29, 1.82) is 0 Å². The molecule has 7 rings (SSSR count). The molecule has 3 heterocycles. The summed E-state index contributed by atoms with van der Waals surface area (Å²) in [7, 11) is 0. The lowest BCUT2D eigenvalue weighted by Gasteiger charge is -2.25. The highest BCUT2D eigenvalue weighted by molar-refractivity contribution is 5.68. The summed E-state index contributed by atoms with van der Waals surface area (Å²) in [6.07, 6.45) is 10.5. The molecule has 8 nitrogen and oxygen atoms in total. The zero-order valence-corrected chi connectivity index (χ0v) is 21.7. The van der Waals surface area contributed by atoms with Gasteiger partial charge in [0.05, 0.1) is 5.69 Å². The van der Waals surface area contributed by atoms with Gasteiger partial charge < -0.3 is 16.0 Å². The van der Waals surface area contributed by atoms with E-state index in [9.17, 15) is 0 Å². The van der Waals surface area contributed by atoms with Crippen molar-refractivity contribution in [2.75, 3.05) is 24.1 Å². The standard InChI is InChI=1S/C30H34N8/c31-29-33-30(32-24-13-10-20-11-14-25(15-12-22(20)18-24)37-16-3-4-17-37)38(36-29)27-19-23-8-5-7-21-6-1-2-9-26(21)28(23)35-34-27/h1-2,6,9-10,13,18-19,25H,3-5,7-8,11-12,14-17H2,(H3,31,32,33,36)/t25-/m1/s1. The maximum atomic E-state index is 6.07. The largest absolute Gasteiger partial charge is 0.366 e. The van der Waals surface area contributed by atoms with Crippen LogP contribution < -0.4 is 11.1 Å². The van der Waals surface area contributed by atoms with E-state index < -0.39 is 0 Å². The number of likely N-dealkylation sites (tertiary alicyclic amines) is 1. The first-order valence-corrected chi connectivity index (χ1v) is 14.0. The van der Waals surface area contributed by atoms with Gasteiger partial charge in [0.2, 0.25) is 11.9 Å². The van der Waals surface area contributed by atoms with Gasteiger partial charge in [-0.05, 0) is 111 Å². The van der Waals surface area contributed by atoms with Crippen molar-refractivity contribution in [3.05, 3.63) is 70.8 Å². The molecule has 3 N–H and O–H groups in total. The summed E-state index contributed by atoms with van der Waals surface area (Å²) in [5, 5.41) is 17.1. The lowest BCUT2D eigenvalue weighted by atomic mass is 10.0. The molecule has 2 aromatic carbocycles. The van der Waals surface area contributed by atoms with Crippen LogP contribution >= 0.6 is 0 Å². The molecule has 4 aromatic rings. The van der Waals surface area contributed by atoms with Crippen molar-refractivity contribution < 1.29 is 0 Å². The molecule has 194 valence electrons. The molecule has 8 heteroatoms. The number of hydrogen-bond donors (Lipinski definition) is 2. The Hall–Kier alpha value is -3.78. The lowest BCUT2D eigenvalue weighted by molar-refractivity contribution is 0.222. The Labute approximate surface area is 223 Å². The van der Waals surface area contributed by atoms with Gasteiger partial charge in [0.1, 0.15) is 0 Å². The molecule has 0 amide bonds. The van der Waals surface area contributed by atoms with Crippen LogP contribution in [0.4, 0.5) is 17.6 Å². The van der Waals surface area contributed by atoms with Gasteiger partial charge in [0.25, 0.3) is 0 Å². The van der Waals surface area contributed by atoms with Crippen molar-refractivity contribution in [3.63, 3.8) is 0 Å². The molecule has 1 saturated heterocycles. The molecule has 0 spiro atoms. The predicted molar refractivity (Wildman–Crippen MR) is 150 cm³/mol. The summed E-state index contributed by atoms with van der Waals surface area (Å²) in [6, 6.07) is 18.0. The highest BCUT2D eigenvalue weighted by Crippen LogP contribution is 2.32. The lowest BCUT2D eigenvalue weighted by Crippen LogP contribution is -2.32. The Morgan fingerprint density at radius 1 is 0.789 bits per heavy atom. The Morgan fingerprint density at radius 2 is 1.61 bits per heavy atom. The number of aromatic nitrogens is 5. The van der Waals surface area contributed by atoms with E-state index in [2.05, 4.69) is 79.0 Å². The number of fused-ring (bicyclic) bond motifs is 4. The molecular weight excluding hydrogens is 472 g/mol. The highest BCUT2D eigenvalue weighted by Gasteiger charge is 2.25. The van der Waals surface area contributed by atoms with E-state index in [1.165, 1.54) is 66.6 Å². The third-order valence-electron chi connectivity index (χ3n) is 8.48. The van der Waals surface area contributed by atoms with E-state index >= 15 is 0 Å². The average molecular weight is 507 g/mol. The smallest absolute Gasteiger partial charge is 0.241 e. The van der Waals surface area contributed by atoms with E-state index in [4.69, 9.17) is 5.73 Å². The van der Waals surface area contributed by atoms with Gasteiger partial charge in [-0.1, -0.05) is 30.3 Å². The van der Waals surface area contributed by atoms with Crippen LogP contribution in [0.2, 0.25) is 0 Å². The van der Waals surface area contributed by atoms with Gasteiger partial charge in [0.15, 0.2) is 5.82 Å².